The van der Waals surface area contributed by atoms with Crippen molar-refractivity contribution in [2.45, 2.75) is 13.0 Å². The molecule has 7 heteroatoms. The van der Waals surface area contributed by atoms with Gasteiger partial charge in [-0.25, -0.2) is 9.37 Å². The molecule has 1 amide bonds. The Balaban J connectivity index is 1.75. The van der Waals surface area contributed by atoms with Gasteiger partial charge in [-0.1, -0.05) is 18.2 Å². The highest BCUT2D eigenvalue weighted by molar-refractivity contribution is 5.94. The van der Waals surface area contributed by atoms with Crippen molar-refractivity contribution < 1.29 is 9.18 Å². The summed E-state index contributed by atoms with van der Waals surface area (Å²) < 4.78 is 15.1. The van der Waals surface area contributed by atoms with Gasteiger partial charge in [0.15, 0.2) is 0 Å². The number of aromatic nitrogens is 2. The molecule has 2 aromatic heterocycles. The summed E-state index contributed by atoms with van der Waals surface area (Å²) in [5.74, 6) is -0.743. The summed E-state index contributed by atoms with van der Waals surface area (Å²) in [4.78, 5) is 31.9. The SMILES string of the molecule is Cc1ccc2ncc(C(=O)N3CCNCC3c3cccc(F)c3)c(=O)n2c1. The molecule has 1 N–H and O–H groups in total. The standard InChI is InChI=1S/C20H19FN4O2/c1-13-5-6-18-23-10-16(20(27)25(18)12-13)19(26)24-8-7-22-11-17(24)14-3-2-4-15(21)9-14/h2-6,9-10,12,17,22H,7-8,11H2,1H3. The number of fused-ring (bicyclic) bond motifs is 1. The van der Waals surface area contributed by atoms with E-state index in [1.807, 2.05) is 13.0 Å². The Labute approximate surface area is 155 Å². The number of carbonyl (C=O) groups is 1. The van der Waals surface area contributed by atoms with E-state index in [2.05, 4.69) is 10.3 Å². The minimum absolute atomic E-state index is 0.0152. The molecule has 6 nitrogen and oxygen atoms in total. The van der Waals surface area contributed by atoms with Crippen LogP contribution in [0.4, 0.5) is 4.39 Å². The molecule has 0 saturated carbocycles. The molecule has 0 spiro atoms. The van der Waals surface area contributed by atoms with Crippen molar-refractivity contribution in [2.24, 2.45) is 0 Å². The topological polar surface area (TPSA) is 66.7 Å². The molecule has 1 atom stereocenters. The summed E-state index contributed by atoms with van der Waals surface area (Å²) in [7, 11) is 0. The number of nitrogens with zero attached hydrogens (tertiary/aromatic N) is 3. The van der Waals surface area contributed by atoms with E-state index < -0.39 is 5.56 Å². The quantitative estimate of drug-likeness (QED) is 0.753. The average molecular weight is 366 g/mol. The van der Waals surface area contributed by atoms with Crippen molar-refractivity contribution in [3.05, 3.63) is 81.7 Å². The van der Waals surface area contributed by atoms with E-state index in [0.29, 0.717) is 30.8 Å². The predicted octanol–water partition coefficient (Wildman–Crippen LogP) is 1.93. The molecule has 0 bridgehead atoms. The van der Waals surface area contributed by atoms with Gasteiger partial charge in [-0.15, -0.1) is 0 Å². The van der Waals surface area contributed by atoms with E-state index in [0.717, 1.165) is 5.56 Å². The number of benzene rings is 1. The van der Waals surface area contributed by atoms with Gasteiger partial charge in [0.25, 0.3) is 11.5 Å². The number of amides is 1. The van der Waals surface area contributed by atoms with E-state index in [4.69, 9.17) is 0 Å². The van der Waals surface area contributed by atoms with Crippen LogP contribution in [-0.2, 0) is 0 Å². The minimum Gasteiger partial charge on any atom is -0.329 e. The molecule has 3 heterocycles. The third-order valence-electron chi connectivity index (χ3n) is 4.82. The van der Waals surface area contributed by atoms with Gasteiger partial charge in [-0.2, -0.15) is 0 Å². The van der Waals surface area contributed by atoms with Gasteiger partial charge in [0.05, 0.1) is 6.04 Å². The monoisotopic (exact) mass is 366 g/mol. The normalized spacial score (nSPS) is 17.3. The first-order valence-corrected chi connectivity index (χ1v) is 8.80. The molecule has 0 aliphatic carbocycles. The van der Waals surface area contributed by atoms with Gasteiger partial charge in [0.1, 0.15) is 17.0 Å². The lowest BCUT2D eigenvalue weighted by atomic mass is 10.0. The molecule has 1 saturated heterocycles. The number of hydrogen-bond donors (Lipinski definition) is 1. The minimum atomic E-state index is -0.398. The number of halogens is 1. The summed E-state index contributed by atoms with van der Waals surface area (Å²) in [5, 5.41) is 3.23. The predicted molar refractivity (Wildman–Crippen MR) is 99.2 cm³/mol. The van der Waals surface area contributed by atoms with Crippen molar-refractivity contribution >= 4 is 11.6 Å². The first-order valence-electron chi connectivity index (χ1n) is 8.80. The van der Waals surface area contributed by atoms with E-state index in [-0.39, 0.29) is 23.3 Å². The molecule has 3 aromatic rings. The first kappa shape index (κ1) is 17.4. The van der Waals surface area contributed by atoms with Crippen LogP contribution in [0.1, 0.15) is 27.5 Å². The van der Waals surface area contributed by atoms with E-state index in [1.54, 1.807) is 29.3 Å². The number of carbonyl (C=O) groups excluding carboxylic acids is 1. The second-order valence-corrected chi connectivity index (χ2v) is 6.69. The molecule has 0 radical (unpaired) electrons. The molecule has 27 heavy (non-hydrogen) atoms. The third kappa shape index (κ3) is 3.21. The van der Waals surface area contributed by atoms with E-state index in [9.17, 15) is 14.0 Å². The Morgan fingerprint density at radius 3 is 2.96 bits per heavy atom. The number of pyridine rings is 1. The Kier molecular flexibility index (Phi) is 4.45. The Bertz CT molecular complexity index is 1080. The van der Waals surface area contributed by atoms with Crippen molar-refractivity contribution in [3.8, 4) is 0 Å². The van der Waals surface area contributed by atoms with Gasteiger partial charge in [0.2, 0.25) is 0 Å². The molecule has 138 valence electrons. The second-order valence-electron chi connectivity index (χ2n) is 6.69. The zero-order chi connectivity index (χ0) is 19.0. The van der Waals surface area contributed by atoms with Crippen LogP contribution >= 0.6 is 0 Å². The highest BCUT2D eigenvalue weighted by Crippen LogP contribution is 2.24. The molecule has 1 unspecified atom stereocenters. The van der Waals surface area contributed by atoms with Crippen LogP contribution in [0.3, 0.4) is 0 Å². The van der Waals surface area contributed by atoms with Crippen molar-refractivity contribution in [1.82, 2.24) is 19.6 Å². The van der Waals surface area contributed by atoms with Gasteiger partial charge in [-0.3, -0.25) is 14.0 Å². The molecule has 1 aliphatic rings. The molecule has 1 aromatic carbocycles. The van der Waals surface area contributed by atoms with Crippen LogP contribution in [-0.4, -0.2) is 39.8 Å². The van der Waals surface area contributed by atoms with Crippen molar-refractivity contribution in [3.63, 3.8) is 0 Å². The zero-order valence-corrected chi connectivity index (χ0v) is 14.9. The van der Waals surface area contributed by atoms with Crippen LogP contribution in [0.25, 0.3) is 5.65 Å². The smallest absolute Gasteiger partial charge is 0.270 e. The maximum absolute atomic E-state index is 13.7. The zero-order valence-electron chi connectivity index (χ0n) is 14.9. The first-order chi connectivity index (χ1) is 13.0. The fourth-order valence-electron chi connectivity index (χ4n) is 3.44. The lowest BCUT2D eigenvalue weighted by molar-refractivity contribution is 0.0631. The van der Waals surface area contributed by atoms with Gasteiger partial charge in [-0.05, 0) is 36.2 Å². The Morgan fingerprint density at radius 2 is 2.15 bits per heavy atom. The van der Waals surface area contributed by atoms with Gasteiger partial charge < -0.3 is 10.2 Å². The molecular weight excluding hydrogens is 347 g/mol. The Hall–Kier alpha value is -3.06. The van der Waals surface area contributed by atoms with Crippen molar-refractivity contribution in [1.29, 1.82) is 0 Å². The fourth-order valence-corrected chi connectivity index (χ4v) is 3.44. The summed E-state index contributed by atoms with van der Waals surface area (Å²) >= 11 is 0. The second kappa shape index (κ2) is 6.92. The summed E-state index contributed by atoms with van der Waals surface area (Å²) in [6.07, 6.45) is 3.00. The van der Waals surface area contributed by atoms with E-state index in [1.165, 1.54) is 22.7 Å². The summed E-state index contributed by atoms with van der Waals surface area (Å²) in [5.41, 5.74) is 1.70. The van der Waals surface area contributed by atoms with Crippen molar-refractivity contribution in [2.75, 3.05) is 19.6 Å². The maximum Gasteiger partial charge on any atom is 0.270 e. The summed E-state index contributed by atoms with van der Waals surface area (Å²) in [6.45, 7) is 3.41. The number of nitrogens with one attached hydrogen (secondary N) is 1. The van der Waals surface area contributed by atoms with Crippen LogP contribution in [0.15, 0.2) is 53.6 Å². The molecular formula is C20H19FN4O2. The lowest BCUT2D eigenvalue weighted by Crippen LogP contribution is -2.49. The van der Waals surface area contributed by atoms with Crippen LogP contribution in [0.5, 0.6) is 0 Å². The Morgan fingerprint density at radius 1 is 1.30 bits per heavy atom. The number of aryl methyl sites for hydroxylation is 1. The molecule has 1 fully saturated rings. The van der Waals surface area contributed by atoms with Crippen LogP contribution in [0.2, 0.25) is 0 Å². The largest absolute Gasteiger partial charge is 0.329 e. The van der Waals surface area contributed by atoms with Crippen LogP contribution < -0.4 is 10.9 Å². The van der Waals surface area contributed by atoms with Crippen LogP contribution in [0, 0.1) is 12.7 Å². The van der Waals surface area contributed by atoms with Gasteiger partial charge >= 0.3 is 0 Å². The molecule has 4 rings (SSSR count). The highest BCUT2D eigenvalue weighted by atomic mass is 19.1. The average Bonchev–Trinajstić information content (AvgIpc) is 2.68. The fraction of sp³-hybridized carbons (Fsp3) is 0.250. The number of piperazine rings is 1. The van der Waals surface area contributed by atoms with Gasteiger partial charge in [0, 0.05) is 32.0 Å². The molecule has 1 aliphatic heterocycles. The summed E-state index contributed by atoms with van der Waals surface area (Å²) in [6, 6.07) is 9.46. The number of hydrogen-bond acceptors (Lipinski definition) is 4. The lowest BCUT2D eigenvalue weighted by Gasteiger charge is -2.36. The maximum atomic E-state index is 13.7. The third-order valence-corrected chi connectivity index (χ3v) is 4.82. The van der Waals surface area contributed by atoms with E-state index >= 15 is 0 Å². The highest BCUT2D eigenvalue weighted by Gasteiger charge is 2.30. The number of rotatable bonds is 2.